The van der Waals surface area contributed by atoms with Gasteiger partial charge in [0.15, 0.2) is 0 Å². The minimum absolute atomic E-state index is 0.114. The number of halogens is 3. The van der Waals surface area contributed by atoms with Gasteiger partial charge < -0.3 is 5.32 Å². The topological polar surface area (TPSA) is 35.6 Å². The smallest absolute Gasteiger partial charge is 0.352 e. The summed E-state index contributed by atoms with van der Waals surface area (Å²) in [5.41, 5.74) is 0.267. The molecule has 1 N–H and O–H groups in total. The normalized spacial score (nSPS) is 21.4. The van der Waals surface area contributed by atoms with Crippen molar-refractivity contribution in [1.29, 1.82) is 0 Å². The highest BCUT2D eigenvalue weighted by Crippen LogP contribution is 2.29. The largest absolute Gasteiger partial charge is 0.416 e. The molecule has 1 amide bonds. The summed E-state index contributed by atoms with van der Waals surface area (Å²) in [5, 5.41) is 3.20. The summed E-state index contributed by atoms with van der Waals surface area (Å²) in [4.78, 5) is 17.0. The molecule has 0 radical (unpaired) electrons. The zero-order valence-corrected chi connectivity index (χ0v) is 16.5. The molecule has 1 aliphatic carbocycles. The number of nitrogens with zero attached hydrogens (tertiary/aromatic N) is 2. The molecule has 0 bridgehead atoms. The number of carbonyl (C=O) groups is 1. The van der Waals surface area contributed by atoms with Crippen molar-refractivity contribution in [2.75, 3.05) is 26.2 Å². The first-order valence-corrected chi connectivity index (χ1v) is 10.3. The fourth-order valence-electron chi connectivity index (χ4n) is 4.10. The molecule has 4 nitrogen and oxygen atoms in total. The van der Waals surface area contributed by atoms with E-state index in [2.05, 4.69) is 15.1 Å². The van der Waals surface area contributed by atoms with E-state index in [-0.39, 0.29) is 11.9 Å². The van der Waals surface area contributed by atoms with Gasteiger partial charge in [0, 0.05) is 38.8 Å². The molecule has 1 atom stereocenters. The van der Waals surface area contributed by atoms with E-state index in [9.17, 15) is 18.0 Å². The summed E-state index contributed by atoms with van der Waals surface area (Å²) < 4.78 is 38.0. The van der Waals surface area contributed by atoms with E-state index in [0.717, 1.165) is 56.7 Å². The molecule has 156 valence electrons. The van der Waals surface area contributed by atoms with Crippen LogP contribution in [0, 0.1) is 0 Å². The van der Waals surface area contributed by atoms with Gasteiger partial charge in [0.05, 0.1) is 11.6 Å². The van der Waals surface area contributed by atoms with E-state index in [1.54, 1.807) is 12.1 Å². The van der Waals surface area contributed by atoms with Gasteiger partial charge in [0.2, 0.25) is 5.91 Å². The molecule has 0 unspecified atom stereocenters. The lowest BCUT2D eigenvalue weighted by atomic mass is 9.95. The quantitative estimate of drug-likeness (QED) is 0.824. The molecule has 28 heavy (non-hydrogen) atoms. The number of amides is 1. The van der Waals surface area contributed by atoms with Gasteiger partial charge in [-0.2, -0.15) is 13.2 Å². The summed E-state index contributed by atoms with van der Waals surface area (Å²) in [6, 6.07) is 5.57. The van der Waals surface area contributed by atoms with Crippen molar-refractivity contribution in [2.45, 2.75) is 63.8 Å². The summed E-state index contributed by atoms with van der Waals surface area (Å²) in [5.74, 6) is 0.114. The third kappa shape index (κ3) is 5.70. The molecule has 0 aromatic heterocycles. The Hall–Kier alpha value is -1.60. The highest BCUT2D eigenvalue weighted by atomic mass is 19.4. The average molecular weight is 397 g/mol. The van der Waals surface area contributed by atoms with Crippen LogP contribution in [0.5, 0.6) is 0 Å². The maximum Gasteiger partial charge on any atom is 0.416 e. The summed E-state index contributed by atoms with van der Waals surface area (Å²) in [7, 11) is 0. The van der Waals surface area contributed by atoms with Crippen LogP contribution in [0.25, 0.3) is 0 Å². The van der Waals surface area contributed by atoms with Crippen molar-refractivity contribution in [3.63, 3.8) is 0 Å². The number of alkyl halides is 3. The summed E-state index contributed by atoms with van der Waals surface area (Å²) in [6.07, 6.45) is 1.53. The third-order valence-electron chi connectivity index (χ3n) is 5.97. The predicted octanol–water partition coefficient (Wildman–Crippen LogP) is 3.66. The molecule has 1 saturated heterocycles. The number of benzene rings is 1. The van der Waals surface area contributed by atoms with Gasteiger partial charge >= 0.3 is 6.18 Å². The molecule has 1 aromatic rings. The average Bonchev–Trinajstić information content (AvgIpc) is 2.68. The van der Waals surface area contributed by atoms with Crippen LogP contribution in [-0.4, -0.2) is 54.0 Å². The molecule has 2 fully saturated rings. The van der Waals surface area contributed by atoms with Crippen molar-refractivity contribution < 1.29 is 18.0 Å². The molecule has 1 aliphatic heterocycles. The van der Waals surface area contributed by atoms with E-state index in [4.69, 9.17) is 0 Å². The number of rotatable bonds is 5. The Bertz CT molecular complexity index is 633. The van der Waals surface area contributed by atoms with Gasteiger partial charge in [-0.25, -0.2) is 0 Å². The van der Waals surface area contributed by atoms with Crippen LogP contribution >= 0.6 is 0 Å². The second kappa shape index (κ2) is 9.27. The minimum Gasteiger partial charge on any atom is -0.352 e. The third-order valence-corrected chi connectivity index (χ3v) is 5.97. The van der Waals surface area contributed by atoms with Crippen LogP contribution < -0.4 is 5.32 Å². The first kappa shape index (κ1) is 21.1. The fourth-order valence-corrected chi connectivity index (χ4v) is 4.10. The van der Waals surface area contributed by atoms with Crippen molar-refractivity contribution in [1.82, 2.24) is 15.1 Å². The number of piperazine rings is 1. The second-order valence-electron chi connectivity index (χ2n) is 8.03. The predicted molar refractivity (Wildman–Crippen MR) is 103 cm³/mol. The van der Waals surface area contributed by atoms with Crippen molar-refractivity contribution in [2.24, 2.45) is 0 Å². The Morgan fingerprint density at radius 1 is 1.07 bits per heavy atom. The first-order valence-electron chi connectivity index (χ1n) is 10.3. The van der Waals surface area contributed by atoms with Gasteiger partial charge in [-0.3, -0.25) is 14.6 Å². The molecule has 1 saturated carbocycles. The molecule has 7 heteroatoms. The molecular weight excluding hydrogens is 367 g/mol. The van der Waals surface area contributed by atoms with Crippen LogP contribution in [-0.2, 0) is 17.5 Å². The number of nitrogens with one attached hydrogen (secondary N) is 1. The maximum atomic E-state index is 12.7. The van der Waals surface area contributed by atoms with Gasteiger partial charge in [0.25, 0.3) is 0 Å². The Labute approximate surface area is 165 Å². The van der Waals surface area contributed by atoms with Crippen molar-refractivity contribution in [3.8, 4) is 0 Å². The van der Waals surface area contributed by atoms with Crippen LogP contribution in [0.4, 0.5) is 13.2 Å². The first-order chi connectivity index (χ1) is 13.3. The SMILES string of the molecule is C[C@@H](C(=O)NC1CCCCC1)N1CCN(Cc2ccc(C(F)(F)F)cc2)CC1. The van der Waals surface area contributed by atoms with Crippen LogP contribution in [0.1, 0.15) is 50.2 Å². The van der Waals surface area contributed by atoms with Gasteiger partial charge in [-0.15, -0.1) is 0 Å². The van der Waals surface area contributed by atoms with Crippen LogP contribution in [0.15, 0.2) is 24.3 Å². The monoisotopic (exact) mass is 397 g/mol. The van der Waals surface area contributed by atoms with Gasteiger partial charge in [0.1, 0.15) is 0 Å². The lowest BCUT2D eigenvalue weighted by Gasteiger charge is -2.38. The Morgan fingerprint density at radius 2 is 1.68 bits per heavy atom. The highest BCUT2D eigenvalue weighted by Gasteiger charge is 2.30. The zero-order chi connectivity index (χ0) is 20.1. The molecule has 0 spiro atoms. The van der Waals surface area contributed by atoms with Crippen LogP contribution in [0.3, 0.4) is 0 Å². The number of carbonyl (C=O) groups excluding carboxylic acids is 1. The van der Waals surface area contributed by atoms with E-state index >= 15 is 0 Å². The molecule has 1 heterocycles. The number of hydrogen-bond donors (Lipinski definition) is 1. The van der Waals surface area contributed by atoms with E-state index in [1.165, 1.54) is 19.3 Å². The van der Waals surface area contributed by atoms with Gasteiger partial charge in [-0.1, -0.05) is 31.4 Å². The Kier molecular flexibility index (Phi) is 6.99. The minimum atomic E-state index is -4.29. The Balaban J connectivity index is 1.44. The van der Waals surface area contributed by atoms with E-state index in [1.807, 2.05) is 6.92 Å². The Morgan fingerprint density at radius 3 is 2.25 bits per heavy atom. The van der Waals surface area contributed by atoms with Crippen LogP contribution in [0.2, 0.25) is 0 Å². The van der Waals surface area contributed by atoms with E-state index in [0.29, 0.717) is 12.6 Å². The molecular formula is C21H30F3N3O. The fraction of sp³-hybridized carbons (Fsp3) is 0.667. The standard InChI is InChI=1S/C21H30F3N3O/c1-16(20(28)25-19-5-3-2-4-6-19)27-13-11-26(12-14-27)15-17-7-9-18(10-8-17)21(22,23)24/h7-10,16,19H,2-6,11-15H2,1H3,(H,25,28)/t16-/m0/s1. The summed E-state index contributed by atoms with van der Waals surface area (Å²) >= 11 is 0. The summed E-state index contributed by atoms with van der Waals surface area (Å²) in [6.45, 7) is 5.79. The second-order valence-corrected chi connectivity index (χ2v) is 8.03. The highest BCUT2D eigenvalue weighted by molar-refractivity contribution is 5.81. The van der Waals surface area contributed by atoms with Crippen molar-refractivity contribution in [3.05, 3.63) is 35.4 Å². The molecule has 3 rings (SSSR count). The molecule has 2 aliphatic rings. The lowest BCUT2D eigenvalue weighted by molar-refractivity contribution is -0.137. The number of hydrogen-bond acceptors (Lipinski definition) is 3. The zero-order valence-electron chi connectivity index (χ0n) is 16.5. The van der Waals surface area contributed by atoms with Gasteiger partial charge in [-0.05, 0) is 37.5 Å². The van der Waals surface area contributed by atoms with Crippen molar-refractivity contribution >= 4 is 5.91 Å². The van der Waals surface area contributed by atoms with E-state index < -0.39 is 11.7 Å². The molecule has 1 aromatic carbocycles. The maximum absolute atomic E-state index is 12.7. The lowest BCUT2D eigenvalue weighted by Crippen LogP contribution is -2.54.